The lowest BCUT2D eigenvalue weighted by Gasteiger charge is -2.24. The van der Waals surface area contributed by atoms with E-state index in [2.05, 4.69) is 22.5 Å². The van der Waals surface area contributed by atoms with Crippen molar-refractivity contribution in [2.45, 2.75) is 31.8 Å². The number of hydrogen-bond acceptors (Lipinski definition) is 4. The van der Waals surface area contributed by atoms with Crippen LogP contribution in [0.25, 0.3) is 6.08 Å². The van der Waals surface area contributed by atoms with Gasteiger partial charge < -0.3 is 15.0 Å². The van der Waals surface area contributed by atoms with Gasteiger partial charge in [-0.05, 0) is 74.8 Å². The largest absolute Gasteiger partial charge is 0.490 e. The molecular formula is C18H23N3O. The fraction of sp³-hybridized carbons (Fsp3) is 0.500. The van der Waals surface area contributed by atoms with Crippen LogP contribution in [-0.4, -0.2) is 37.2 Å². The number of benzene rings is 1. The molecule has 0 spiro atoms. The minimum absolute atomic E-state index is 0.282. The minimum Gasteiger partial charge on any atom is -0.490 e. The molecule has 0 aliphatic carbocycles. The SMILES string of the molecule is N#Cc1ccc(OC2CCNCC2)cc1/C=C/N1CCCC1. The molecule has 0 unspecified atom stereocenters. The molecule has 2 saturated heterocycles. The summed E-state index contributed by atoms with van der Waals surface area (Å²) in [5, 5.41) is 12.6. The Morgan fingerprint density at radius 3 is 2.73 bits per heavy atom. The summed E-state index contributed by atoms with van der Waals surface area (Å²) < 4.78 is 6.07. The van der Waals surface area contributed by atoms with Gasteiger partial charge in [0.2, 0.25) is 0 Å². The number of hydrogen-bond donors (Lipinski definition) is 1. The smallest absolute Gasteiger partial charge is 0.120 e. The van der Waals surface area contributed by atoms with Crippen LogP contribution in [0.15, 0.2) is 24.4 Å². The lowest BCUT2D eigenvalue weighted by molar-refractivity contribution is 0.162. The lowest BCUT2D eigenvalue weighted by Crippen LogP contribution is -2.34. The fourth-order valence-corrected chi connectivity index (χ4v) is 3.04. The van der Waals surface area contributed by atoms with E-state index in [1.54, 1.807) is 0 Å². The maximum Gasteiger partial charge on any atom is 0.120 e. The van der Waals surface area contributed by atoms with Crippen LogP contribution < -0.4 is 10.1 Å². The zero-order valence-electron chi connectivity index (χ0n) is 12.9. The summed E-state index contributed by atoms with van der Waals surface area (Å²) >= 11 is 0. The Morgan fingerprint density at radius 2 is 2.00 bits per heavy atom. The maximum atomic E-state index is 9.28. The lowest BCUT2D eigenvalue weighted by atomic mass is 10.1. The number of nitrogens with one attached hydrogen (secondary N) is 1. The molecule has 0 amide bonds. The second-order valence-electron chi connectivity index (χ2n) is 5.99. The van der Waals surface area contributed by atoms with Crippen LogP contribution in [0.1, 0.15) is 36.8 Å². The number of piperidine rings is 1. The Labute approximate surface area is 132 Å². The van der Waals surface area contributed by atoms with E-state index in [4.69, 9.17) is 4.74 Å². The van der Waals surface area contributed by atoms with Crippen molar-refractivity contribution in [1.82, 2.24) is 10.2 Å². The number of nitrogens with zero attached hydrogens (tertiary/aromatic N) is 2. The molecule has 2 aliphatic heterocycles. The third-order valence-electron chi connectivity index (χ3n) is 4.34. The minimum atomic E-state index is 0.282. The Kier molecular flexibility index (Phi) is 4.97. The molecule has 0 saturated carbocycles. The van der Waals surface area contributed by atoms with Crippen LogP contribution in [0.3, 0.4) is 0 Å². The Morgan fingerprint density at radius 1 is 1.23 bits per heavy atom. The van der Waals surface area contributed by atoms with E-state index in [1.165, 1.54) is 12.8 Å². The van der Waals surface area contributed by atoms with E-state index in [-0.39, 0.29) is 6.10 Å². The number of likely N-dealkylation sites (tertiary alicyclic amines) is 1. The van der Waals surface area contributed by atoms with Crippen LogP contribution in [0.4, 0.5) is 0 Å². The molecule has 4 heteroatoms. The first-order chi connectivity index (χ1) is 10.8. The molecule has 22 heavy (non-hydrogen) atoms. The highest BCUT2D eigenvalue weighted by Gasteiger charge is 2.15. The van der Waals surface area contributed by atoms with E-state index >= 15 is 0 Å². The summed E-state index contributed by atoms with van der Waals surface area (Å²) in [7, 11) is 0. The molecule has 0 bridgehead atoms. The third kappa shape index (κ3) is 3.80. The fourth-order valence-electron chi connectivity index (χ4n) is 3.04. The second kappa shape index (κ2) is 7.33. The monoisotopic (exact) mass is 297 g/mol. The molecule has 2 aliphatic rings. The van der Waals surface area contributed by atoms with Crippen LogP contribution in [0.2, 0.25) is 0 Å². The van der Waals surface area contributed by atoms with Crippen molar-refractivity contribution in [3.8, 4) is 11.8 Å². The van der Waals surface area contributed by atoms with Gasteiger partial charge in [0.15, 0.2) is 0 Å². The van der Waals surface area contributed by atoms with Crippen molar-refractivity contribution < 1.29 is 4.74 Å². The summed E-state index contributed by atoms with van der Waals surface area (Å²) in [6.45, 7) is 4.26. The van der Waals surface area contributed by atoms with Crippen molar-refractivity contribution in [2.24, 2.45) is 0 Å². The third-order valence-corrected chi connectivity index (χ3v) is 4.34. The first-order valence-corrected chi connectivity index (χ1v) is 8.19. The van der Waals surface area contributed by atoms with E-state index in [1.807, 2.05) is 24.3 Å². The average Bonchev–Trinajstić information content (AvgIpc) is 3.07. The number of ether oxygens (including phenoxy) is 1. The highest BCUT2D eigenvalue weighted by molar-refractivity contribution is 5.60. The van der Waals surface area contributed by atoms with E-state index in [0.29, 0.717) is 5.56 Å². The Balaban J connectivity index is 1.72. The van der Waals surface area contributed by atoms with Crippen LogP contribution >= 0.6 is 0 Å². The van der Waals surface area contributed by atoms with Gasteiger partial charge in [0.05, 0.1) is 11.6 Å². The summed E-state index contributed by atoms with van der Waals surface area (Å²) in [6, 6.07) is 8.03. The van der Waals surface area contributed by atoms with E-state index < -0.39 is 0 Å². The molecule has 1 N–H and O–H groups in total. The maximum absolute atomic E-state index is 9.28. The molecule has 4 nitrogen and oxygen atoms in total. The zero-order chi connectivity index (χ0) is 15.2. The molecule has 1 aromatic rings. The van der Waals surface area contributed by atoms with Gasteiger partial charge in [-0.25, -0.2) is 0 Å². The predicted molar refractivity (Wildman–Crippen MR) is 87.5 cm³/mol. The molecule has 0 aromatic heterocycles. The normalized spacial score (nSPS) is 19.5. The van der Waals surface area contributed by atoms with Crippen LogP contribution in [0.5, 0.6) is 5.75 Å². The van der Waals surface area contributed by atoms with Gasteiger partial charge in [-0.15, -0.1) is 0 Å². The number of nitriles is 1. The Hall–Kier alpha value is -1.99. The van der Waals surface area contributed by atoms with Crippen molar-refractivity contribution in [2.75, 3.05) is 26.2 Å². The van der Waals surface area contributed by atoms with Gasteiger partial charge in [-0.1, -0.05) is 0 Å². The summed E-state index contributed by atoms with van der Waals surface area (Å²) in [5.74, 6) is 0.868. The van der Waals surface area contributed by atoms with E-state index in [9.17, 15) is 5.26 Å². The highest BCUT2D eigenvalue weighted by atomic mass is 16.5. The summed E-state index contributed by atoms with van der Waals surface area (Å²) in [5.41, 5.74) is 1.65. The molecule has 2 fully saturated rings. The molecule has 2 heterocycles. The molecule has 116 valence electrons. The molecule has 0 radical (unpaired) electrons. The first-order valence-electron chi connectivity index (χ1n) is 8.19. The van der Waals surface area contributed by atoms with Crippen LogP contribution in [-0.2, 0) is 0 Å². The van der Waals surface area contributed by atoms with Gasteiger partial charge in [0.1, 0.15) is 11.9 Å². The molecule has 3 rings (SSSR count). The quantitative estimate of drug-likeness (QED) is 0.928. The number of rotatable bonds is 4. The standard InChI is InChI=1S/C18H23N3O/c19-14-16-3-4-18(22-17-5-8-20-9-6-17)13-15(16)7-12-21-10-1-2-11-21/h3-4,7,12-13,17,20H,1-2,5-6,8-11H2/b12-7+. The van der Waals surface area contributed by atoms with Crippen LogP contribution in [0, 0.1) is 11.3 Å². The Bertz CT molecular complexity index is 564. The molecule has 1 aromatic carbocycles. The van der Waals surface area contributed by atoms with Crippen molar-refractivity contribution >= 4 is 6.08 Å². The molecule has 0 atom stereocenters. The second-order valence-corrected chi connectivity index (χ2v) is 5.99. The van der Waals surface area contributed by atoms with Gasteiger partial charge in [-0.3, -0.25) is 0 Å². The highest BCUT2D eigenvalue weighted by Crippen LogP contribution is 2.22. The first kappa shape index (κ1) is 14.9. The van der Waals surface area contributed by atoms with Gasteiger partial charge in [0, 0.05) is 13.1 Å². The summed E-state index contributed by atoms with van der Waals surface area (Å²) in [4.78, 5) is 2.31. The van der Waals surface area contributed by atoms with Gasteiger partial charge >= 0.3 is 0 Å². The predicted octanol–water partition coefficient (Wildman–Crippen LogP) is 2.76. The topological polar surface area (TPSA) is 48.3 Å². The zero-order valence-corrected chi connectivity index (χ0v) is 12.9. The molecular weight excluding hydrogens is 274 g/mol. The summed E-state index contributed by atoms with van der Waals surface area (Å²) in [6.07, 6.45) is 9.03. The van der Waals surface area contributed by atoms with Crippen molar-refractivity contribution in [3.63, 3.8) is 0 Å². The average molecular weight is 297 g/mol. The van der Waals surface area contributed by atoms with Crippen molar-refractivity contribution in [1.29, 1.82) is 5.26 Å². The van der Waals surface area contributed by atoms with Gasteiger partial charge in [0.25, 0.3) is 0 Å². The van der Waals surface area contributed by atoms with Crippen molar-refractivity contribution in [3.05, 3.63) is 35.5 Å². The van der Waals surface area contributed by atoms with E-state index in [0.717, 1.165) is 50.3 Å². The van der Waals surface area contributed by atoms with Gasteiger partial charge in [-0.2, -0.15) is 5.26 Å².